The first-order valence-electron chi connectivity index (χ1n) is 9.74. The molecular weight excluding hydrogens is 312 g/mol. The molecule has 1 aromatic rings. The summed E-state index contributed by atoms with van der Waals surface area (Å²) in [5.74, 6) is 0.0440. The van der Waals surface area contributed by atoms with Crippen molar-refractivity contribution in [2.45, 2.75) is 64.3 Å². The molecular formula is C21H30N2O2. The molecule has 0 saturated carbocycles. The van der Waals surface area contributed by atoms with Crippen molar-refractivity contribution in [1.29, 1.82) is 0 Å². The largest absolute Gasteiger partial charge is 0.299 e. The molecule has 2 atom stereocenters. The molecule has 0 unspecified atom stereocenters. The number of hydrogen-bond donors (Lipinski definition) is 0. The lowest BCUT2D eigenvalue weighted by Gasteiger charge is -2.35. The van der Waals surface area contributed by atoms with Crippen LogP contribution >= 0.6 is 0 Å². The van der Waals surface area contributed by atoms with E-state index in [-0.39, 0.29) is 17.9 Å². The average Bonchev–Trinajstić information content (AvgIpc) is 2.86. The molecule has 4 nitrogen and oxygen atoms in total. The number of carbonyl (C=O) groups excluding carboxylic acids is 2. The predicted octanol–water partition coefficient (Wildman–Crippen LogP) is 3.14. The summed E-state index contributed by atoms with van der Waals surface area (Å²) in [6.07, 6.45) is 4.08. The van der Waals surface area contributed by atoms with Crippen LogP contribution in [-0.4, -0.2) is 47.3 Å². The van der Waals surface area contributed by atoms with Crippen LogP contribution in [-0.2, 0) is 21.4 Å². The number of rotatable bonds is 6. The number of carbonyl (C=O) groups is 2. The Kier molecular flexibility index (Phi) is 5.28. The van der Waals surface area contributed by atoms with Crippen LogP contribution in [0.5, 0.6) is 0 Å². The van der Waals surface area contributed by atoms with E-state index in [4.69, 9.17) is 0 Å². The van der Waals surface area contributed by atoms with Crippen LogP contribution < -0.4 is 0 Å². The van der Waals surface area contributed by atoms with Gasteiger partial charge in [-0.25, -0.2) is 0 Å². The third-order valence-electron chi connectivity index (χ3n) is 6.18. The van der Waals surface area contributed by atoms with Crippen molar-refractivity contribution in [2.75, 3.05) is 19.6 Å². The quantitative estimate of drug-likeness (QED) is 0.746. The van der Waals surface area contributed by atoms with E-state index in [1.807, 2.05) is 12.1 Å². The summed E-state index contributed by atoms with van der Waals surface area (Å²) < 4.78 is 0. The number of imide groups is 1. The van der Waals surface area contributed by atoms with Gasteiger partial charge < -0.3 is 0 Å². The van der Waals surface area contributed by atoms with Gasteiger partial charge in [0.1, 0.15) is 0 Å². The zero-order valence-corrected chi connectivity index (χ0v) is 15.8. The molecule has 1 aliphatic carbocycles. The number of aryl methyl sites for hydroxylation is 1. The lowest BCUT2D eigenvalue weighted by molar-refractivity contribution is -0.141. The molecule has 2 aliphatic rings. The molecule has 0 aromatic heterocycles. The van der Waals surface area contributed by atoms with Crippen LogP contribution in [0.3, 0.4) is 0 Å². The van der Waals surface area contributed by atoms with Crippen molar-refractivity contribution in [3.8, 4) is 0 Å². The third-order valence-corrected chi connectivity index (χ3v) is 6.18. The van der Waals surface area contributed by atoms with Gasteiger partial charge in [0.2, 0.25) is 11.8 Å². The topological polar surface area (TPSA) is 40.6 Å². The number of nitrogens with zero attached hydrogens (tertiary/aromatic N) is 2. The highest BCUT2D eigenvalue weighted by molar-refractivity contribution is 6.09. The molecule has 0 bridgehead atoms. The van der Waals surface area contributed by atoms with Crippen molar-refractivity contribution in [2.24, 2.45) is 0 Å². The summed E-state index contributed by atoms with van der Waals surface area (Å²) >= 11 is 0. The van der Waals surface area contributed by atoms with Gasteiger partial charge in [0, 0.05) is 19.0 Å². The lowest BCUT2D eigenvalue weighted by Crippen LogP contribution is -2.48. The highest BCUT2D eigenvalue weighted by Crippen LogP contribution is 2.45. The van der Waals surface area contributed by atoms with Gasteiger partial charge in [-0.15, -0.1) is 0 Å². The van der Waals surface area contributed by atoms with Crippen LogP contribution in [0.25, 0.3) is 0 Å². The Labute approximate surface area is 151 Å². The molecule has 0 N–H and O–H groups in total. The molecule has 1 aliphatic heterocycles. The normalized spacial score (nSPS) is 24.2. The predicted molar refractivity (Wildman–Crippen MR) is 99.4 cm³/mol. The van der Waals surface area contributed by atoms with Gasteiger partial charge in [-0.3, -0.25) is 19.4 Å². The molecule has 1 aromatic carbocycles. The van der Waals surface area contributed by atoms with Crippen molar-refractivity contribution < 1.29 is 9.59 Å². The van der Waals surface area contributed by atoms with Crippen LogP contribution in [0.15, 0.2) is 24.3 Å². The number of likely N-dealkylation sites (tertiary alicyclic amines) is 1. The molecule has 1 fully saturated rings. The van der Waals surface area contributed by atoms with Crippen LogP contribution in [0.4, 0.5) is 0 Å². The average molecular weight is 342 g/mol. The fourth-order valence-electron chi connectivity index (χ4n) is 4.77. The first-order chi connectivity index (χ1) is 12.1. The number of amides is 2. The smallest absolute Gasteiger partial charge is 0.240 e. The van der Waals surface area contributed by atoms with Gasteiger partial charge in [0.25, 0.3) is 0 Å². The van der Waals surface area contributed by atoms with Gasteiger partial charge in [0.05, 0.1) is 5.41 Å². The van der Waals surface area contributed by atoms with Crippen molar-refractivity contribution in [3.63, 3.8) is 0 Å². The van der Waals surface area contributed by atoms with E-state index >= 15 is 0 Å². The van der Waals surface area contributed by atoms with Crippen LogP contribution in [0.2, 0.25) is 0 Å². The van der Waals surface area contributed by atoms with Crippen molar-refractivity contribution in [1.82, 2.24) is 9.80 Å². The maximum absolute atomic E-state index is 13.4. The van der Waals surface area contributed by atoms with E-state index in [9.17, 15) is 9.59 Å². The molecule has 2 amide bonds. The van der Waals surface area contributed by atoms with E-state index in [1.165, 1.54) is 5.56 Å². The Morgan fingerprint density at radius 1 is 1.16 bits per heavy atom. The minimum Gasteiger partial charge on any atom is -0.299 e. The molecule has 1 heterocycles. The molecule has 136 valence electrons. The molecule has 25 heavy (non-hydrogen) atoms. The van der Waals surface area contributed by atoms with E-state index in [2.05, 4.69) is 37.8 Å². The maximum atomic E-state index is 13.4. The number of benzene rings is 1. The second-order valence-corrected chi connectivity index (χ2v) is 7.36. The summed E-state index contributed by atoms with van der Waals surface area (Å²) in [7, 11) is 0. The fraction of sp³-hybridized carbons (Fsp3) is 0.619. The Morgan fingerprint density at radius 3 is 2.56 bits per heavy atom. The first-order valence-corrected chi connectivity index (χ1v) is 9.74. The summed E-state index contributed by atoms with van der Waals surface area (Å²) in [6, 6.07) is 8.45. The zero-order chi connectivity index (χ0) is 18.0. The minimum absolute atomic E-state index is 0.00677. The van der Waals surface area contributed by atoms with Gasteiger partial charge in [-0.05, 0) is 49.9 Å². The lowest BCUT2D eigenvalue weighted by atomic mass is 9.69. The van der Waals surface area contributed by atoms with Gasteiger partial charge in [-0.2, -0.15) is 0 Å². The Morgan fingerprint density at radius 2 is 1.88 bits per heavy atom. The van der Waals surface area contributed by atoms with Crippen LogP contribution in [0, 0.1) is 0 Å². The van der Waals surface area contributed by atoms with Gasteiger partial charge in [-0.1, -0.05) is 45.0 Å². The van der Waals surface area contributed by atoms with Gasteiger partial charge >= 0.3 is 0 Å². The number of hydrogen-bond acceptors (Lipinski definition) is 3. The highest BCUT2D eigenvalue weighted by Gasteiger charge is 2.54. The van der Waals surface area contributed by atoms with Crippen LogP contribution in [0.1, 0.15) is 57.6 Å². The van der Waals surface area contributed by atoms with Gasteiger partial charge in [0.15, 0.2) is 0 Å². The summed E-state index contributed by atoms with van der Waals surface area (Å²) in [6.45, 7) is 8.83. The molecule has 0 radical (unpaired) electrons. The second kappa shape index (κ2) is 7.28. The standard InChI is InChI=1S/C21H30N2O2/c1-4-17(22(5-2)6-3)15-23-19(24)14-21(20(23)25)13-9-11-16-10-7-8-12-18(16)21/h7-8,10,12,17H,4-6,9,11,13-15H2,1-3H3/t17-,21-/m0/s1. The molecule has 1 spiro atoms. The number of likely N-dealkylation sites (N-methyl/N-ethyl adjacent to an activating group) is 1. The second-order valence-electron chi connectivity index (χ2n) is 7.36. The summed E-state index contributed by atoms with van der Waals surface area (Å²) in [5.41, 5.74) is 1.73. The minimum atomic E-state index is -0.604. The molecule has 1 saturated heterocycles. The summed E-state index contributed by atoms with van der Waals surface area (Å²) in [4.78, 5) is 30.1. The molecule has 3 rings (SSSR count). The Bertz CT molecular complexity index is 653. The number of fused-ring (bicyclic) bond motifs is 2. The van der Waals surface area contributed by atoms with E-state index in [0.29, 0.717) is 13.0 Å². The third kappa shape index (κ3) is 3.01. The fourth-order valence-corrected chi connectivity index (χ4v) is 4.77. The monoisotopic (exact) mass is 342 g/mol. The SMILES string of the molecule is CC[C@@H](CN1C(=O)C[C@]2(CCCc3ccccc32)C1=O)N(CC)CC. The van der Waals surface area contributed by atoms with E-state index in [0.717, 1.165) is 44.3 Å². The first kappa shape index (κ1) is 18.1. The van der Waals surface area contributed by atoms with E-state index < -0.39 is 5.41 Å². The van der Waals surface area contributed by atoms with E-state index in [1.54, 1.807) is 4.90 Å². The Hall–Kier alpha value is -1.68. The highest BCUT2D eigenvalue weighted by atomic mass is 16.2. The summed E-state index contributed by atoms with van der Waals surface area (Å²) in [5, 5.41) is 0. The molecule has 4 heteroatoms. The maximum Gasteiger partial charge on any atom is 0.240 e. The van der Waals surface area contributed by atoms with Crippen molar-refractivity contribution in [3.05, 3.63) is 35.4 Å². The Balaban J connectivity index is 1.89. The van der Waals surface area contributed by atoms with Crippen molar-refractivity contribution >= 4 is 11.8 Å². The zero-order valence-electron chi connectivity index (χ0n) is 15.8.